The van der Waals surface area contributed by atoms with Gasteiger partial charge in [-0.15, -0.1) is 11.8 Å². The van der Waals surface area contributed by atoms with E-state index in [1.807, 2.05) is 30.3 Å². The first-order valence-corrected chi connectivity index (χ1v) is 6.24. The van der Waals surface area contributed by atoms with Crippen LogP contribution in [0.4, 0.5) is 4.39 Å². The normalized spacial score (nSPS) is 10.4. The molecule has 0 aliphatic carbocycles. The fourth-order valence-electron chi connectivity index (χ4n) is 1.33. The summed E-state index contributed by atoms with van der Waals surface area (Å²) in [6, 6.07) is 14.7. The molecule has 0 saturated heterocycles. The third kappa shape index (κ3) is 3.00. The van der Waals surface area contributed by atoms with Gasteiger partial charge >= 0.3 is 0 Å². The Labute approximate surface area is 103 Å². The predicted octanol–water partition coefficient (Wildman–Crippen LogP) is 4.77. The molecule has 0 aliphatic rings. The molecule has 0 N–H and O–H groups in total. The lowest BCUT2D eigenvalue weighted by Crippen LogP contribution is -1.83. The fourth-order valence-corrected chi connectivity index (χ4v) is 2.36. The Morgan fingerprint density at radius 2 is 1.81 bits per heavy atom. The number of thioether (sulfide) groups is 1. The van der Waals surface area contributed by atoms with Crippen molar-refractivity contribution in [1.29, 1.82) is 0 Å². The SMILES string of the molecule is Fc1cc(Cl)ccc1SCc1ccccc1. The maximum absolute atomic E-state index is 13.4. The van der Waals surface area contributed by atoms with Gasteiger partial charge in [0.25, 0.3) is 0 Å². The van der Waals surface area contributed by atoms with Crippen LogP contribution in [0.1, 0.15) is 5.56 Å². The molecule has 0 amide bonds. The number of hydrogen-bond donors (Lipinski definition) is 0. The lowest BCUT2D eigenvalue weighted by Gasteiger charge is -2.03. The number of halogens is 2. The second kappa shape index (κ2) is 5.37. The van der Waals surface area contributed by atoms with E-state index in [2.05, 4.69) is 0 Å². The summed E-state index contributed by atoms with van der Waals surface area (Å²) in [5, 5.41) is 0.432. The monoisotopic (exact) mass is 252 g/mol. The Kier molecular flexibility index (Phi) is 3.86. The Morgan fingerprint density at radius 1 is 1.06 bits per heavy atom. The Hall–Kier alpha value is -0.990. The van der Waals surface area contributed by atoms with Gasteiger partial charge in [-0.2, -0.15) is 0 Å². The highest BCUT2D eigenvalue weighted by molar-refractivity contribution is 7.98. The minimum Gasteiger partial charge on any atom is -0.206 e. The van der Waals surface area contributed by atoms with Gasteiger partial charge in [0, 0.05) is 15.7 Å². The van der Waals surface area contributed by atoms with Crippen LogP contribution in [0.5, 0.6) is 0 Å². The van der Waals surface area contributed by atoms with Gasteiger partial charge in [0.2, 0.25) is 0 Å². The lowest BCUT2D eigenvalue weighted by molar-refractivity contribution is 0.602. The van der Waals surface area contributed by atoms with Gasteiger partial charge in [0.1, 0.15) is 5.82 Å². The second-order valence-corrected chi connectivity index (χ2v) is 4.80. The van der Waals surface area contributed by atoms with Crippen molar-refractivity contribution in [3.63, 3.8) is 0 Å². The third-order valence-electron chi connectivity index (χ3n) is 2.13. The van der Waals surface area contributed by atoms with Crippen molar-refractivity contribution in [3.05, 3.63) is 64.9 Å². The van der Waals surface area contributed by atoms with Crippen molar-refractivity contribution in [1.82, 2.24) is 0 Å². The van der Waals surface area contributed by atoms with Crippen molar-refractivity contribution in [2.24, 2.45) is 0 Å². The first-order valence-electron chi connectivity index (χ1n) is 4.87. The molecule has 0 spiro atoms. The molecule has 0 bridgehead atoms. The minimum atomic E-state index is -0.256. The summed E-state index contributed by atoms with van der Waals surface area (Å²) in [7, 11) is 0. The van der Waals surface area contributed by atoms with Crippen LogP contribution in [0.3, 0.4) is 0 Å². The molecule has 0 aliphatic heterocycles. The molecular formula is C13H10ClFS. The number of benzene rings is 2. The van der Waals surface area contributed by atoms with Gasteiger partial charge in [-0.05, 0) is 23.8 Å². The summed E-state index contributed by atoms with van der Waals surface area (Å²) in [5.41, 5.74) is 1.18. The highest BCUT2D eigenvalue weighted by Gasteiger charge is 2.03. The second-order valence-electron chi connectivity index (χ2n) is 3.35. The van der Waals surface area contributed by atoms with Crippen molar-refractivity contribution < 1.29 is 4.39 Å². The number of hydrogen-bond acceptors (Lipinski definition) is 1. The van der Waals surface area contributed by atoms with Crippen LogP contribution in [0.2, 0.25) is 5.02 Å². The quantitative estimate of drug-likeness (QED) is 0.709. The van der Waals surface area contributed by atoms with Crippen molar-refractivity contribution >= 4 is 23.4 Å². The number of rotatable bonds is 3. The predicted molar refractivity (Wildman–Crippen MR) is 67.4 cm³/mol. The summed E-state index contributed by atoms with van der Waals surface area (Å²) in [5.74, 6) is 0.507. The van der Waals surface area contributed by atoms with Crippen LogP contribution in [-0.4, -0.2) is 0 Å². The van der Waals surface area contributed by atoms with Gasteiger partial charge < -0.3 is 0 Å². The Bertz CT molecular complexity index is 471. The largest absolute Gasteiger partial charge is 0.206 e. The maximum Gasteiger partial charge on any atom is 0.138 e. The highest BCUT2D eigenvalue weighted by atomic mass is 35.5. The van der Waals surface area contributed by atoms with Gasteiger partial charge in [-0.25, -0.2) is 4.39 Å². The summed E-state index contributed by atoms with van der Waals surface area (Å²) >= 11 is 7.16. The van der Waals surface area contributed by atoms with Crippen LogP contribution >= 0.6 is 23.4 Å². The first kappa shape index (κ1) is 11.5. The fraction of sp³-hybridized carbons (Fsp3) is 0.0769. The molecule has 0 fully saturated rings. The molecule has 2 aromatic rings. The van der Waals surface area contributed by atoms with Crippen molar-refractivity contribution in [3.8, 4) is 0 Å². The van der Waals surface area contributed by atoms with E-state index in [0.717, 1.165) is 5.75 Å². The molecule has 0 unspecified atom stereocenters. The molecule has 0 aromatic heterocycles. The lowest BCUT2D eigenvalue weighted by atomic mass is 10.2. The van der Waals surface area contributed by atoms with Gasteiger partial charge in [-0.1, -0.05) is 41.9 Å². The Morgan fingerprint density at radius 3 is 2.50 bits per heavy atom. The van der Waals surface area contributed by atoms with E-state index in [9.17, 15) is 4.39 Å². The van der Waals surface area contributed by atoms with Crippen LogP contribution in [-0.2, 0) is 5.75 Å². The van der Waals surface area contributed by atoms with E-state index in [4.69, 9.17) is 11.6 Å². The standard InChI is InChI=1S/C13H10ClFS/c14-11-6-7-13(12(15)8-11)16-9-10-4-2-1-3-5-10/h1-8H,9H2. The average molecular weight is 253 g/mol. The van der Waals surface area contributed by atoms with E-state index in [-0.39, 0.29) is 5.82 Å². The zero-order valence-corrected chi connectivity index (χ0v) is 10.1. The molecule has 2 aromatic carbocycles. The molecule has 0 saturated carbocycles. The van der Waals surface area contributed by atoms with Crippen LogP contribution < -0.4 is 0 Å². The van der Waals surface area contributed by atoms with E-state index in [0.29, 0.717) is 9.92 Å². The van der Waals surface area contributed by atoms with E-state index in [1.165, 1.54) is 23.4 Å². The minimum absolute atomic E-state index is 0.256. The molecule has 3 heteroatoms. The smallest absolute Gasteiger partial charge is 0.138 e. The zero-order valence-electron chi connectivity index (χ0n) is 8.49. The van der Waals surface area contributed by atoms with E-state index < -0.39 is 0 Å². The van der Waals surface area contributed by atoms with E-state index >= 15 is 0 Å². The van der Waals surface area contributed by atoms with Gasteiger partial charge in [-0.3, -0.25) is 0 Å². The van der Waals surface area contributed by atoms with Gasteiger partial charge in [0.15, 0.2) is 0 Å². The molecule has 2 rings (SSSR count). The van der Waals surface area contributed by atoms with Crippen molar-refractivity contribution in [2.75, 3.05) is 0 Å². The first-order chi connectivity index (χ1) is 7.75. The molecule has 0 atom stereocenters. The van der Waals surface area contributed by atoms with Gasteiger partial charge in [0.05, 0.1) is 0 Å². The highest BCUT2D eigenvalue weighted by Crippen LogP contribution is 2.27. The summed E-state index contributed by atoms with van der Waals surface area (Å²) < 4.78 is 13.4. The zero-order chi connectivity index (χ0) is 11.4. The molecule has 82 valence electrons. The summed E-state index contributed by atoms with van der Waals surface area (Å²) in [6.07, 6.45) is 0. The molecule has 0 nitrogen and oxygen atoms in total. The molecule has 0 heterocycles. The third-order valence-corrected chi connectivity index (χ3v) is 3.49. The summed E-state index contributed by atoms with van der Waals surface area (Å²) in [6.45, 7) is 0. The van der Waals surface area contributed by atoms with Crippen LogP contribution in [0.25, 0.3) is 0 Å². The van der Waals surface area contributed by atoms with E-state index in [1.54, 1.807) is 12.1 Å². The Balaban J connectivity index is 2.05. The molecule has 0 radical (unpaired) electrons. The van der Waals surface area contributed by atoms with Crippen LogP contribution in [0, 0.1) is 5.82 Å². The van der Waals surface area contributed by atoms with Crippen LogP contribution in [0.15, 0.2) is 53.4 Å². The average Bonchev–Trinajstić information content (AvgIpc) is 2.29. The molecular weight excluding hydrogens is 243 g/mol. The molecule has 16 heavy (non-hydrogen) atoms. The van der Waals surface area contributed by atoms with Crippen molar-refractivity contribution in [2.45, 2.75) is 10.6 Å². The topological polar surface area (TPSA) is 0 Å². The summed E-state index contributed by atoms with van der Waals surface area (Å²) in [4.78, 5) is 0.633. The maximum atomic E-state index is 13.4.